The number of hydrogen-bond acceptors (Lipinski definition) is 2. The molecular formula is C15H22ClNO2S. The van der Waals surface area contributed by atoms with E-state index in [9.17, 15) is 8.42 Å². The van der Waals surface area contributed by atoms with Gasteiger partial charge in [0.25, 0.3) is 0 Å². The number of aryl methyl sites for hydroxylation is 1. The fourth-order valence-corrected chi connectivity index (χ4v) is 4.50. The zero-order valence-electron chi connectivity index (χ0n) is 11.9. The van der Waals surface area contributed by atoms with Crippen LogP contribution in [0.4, 0.5) is 0 Å². The van der Waals surface area contributed by atoms with Crippen molar-refractivity contribution in [1.29, 1.82) is 0 Å². The fraction of sp³-hybridized carbons (Fsp3) is 0.600. The quantitative estimate of drug-likeness (QED) is 0.781. The van der Waals surface area contributed by atoms with Crippen LogP contribution in [0.15, 0.2) is 29.2 Å². The normalized spacial score (nSPS) is 21.0. The predicted molar refractivity (Wildman–Crippen MR) is 82.7 cm³/mol. The molecule has 0 spiro atoms. The summed E-state index contributed by atoms with van der Waals surface area (Å²) >= 11 is 5.67. The number of piperidine rings is 1. The van der Waals surface area contributed by atoms with Gasteiger partial charge in [-0.15, -0.1) is 11.6 Å². The van der Waals surface area contributed by atoms with Crippen LogP contribution < -0.4 is 0 Å². The molecule has 1 aromatic carbocycles. The molecule has 0 aliphatic carbocycles. The molecule has 0 radical (unpaired) electrons. The Morgan fingerprint density at radius 2 is 1.95 bits per heavy atom. The van der Waals surface area contributed by atoms with Gasteiger partial charge in [-0.3, -0.25) is 0 Å². The molecule has 20 heavy (non-hydrogen) atoms. The maximum absolute atomic E-state index is 12.6. The van der Waals surface area contributed by atoms with Gasteiger partial charge >= 0.3 is 0 Å². The van der Waals surface area contributed by atoms with Crippen molar-refractivity contribution in [2.45, 2.75) is 50.0 Å². The number of halogens is 1. The molecule has 1 heterocycles. The van der Waals surface area contributed by atoms with Crippen molar-refractivity contribution < 1.29 is 8.42 Å². The topological polar surface area (TPSA) is 37.4 Å². The van der Waals surface area contributed by atoms with Crippen LogP contribution in [0.1, 0.15) is 38.2 Å². The van der Waals surface area contributed by atoms with Crippen molar-refractivity contribution in [2.75, 3.05) is 12.4 Å². The van der Waals surface area contributed by atoms with Gasteiger partial charge in [0.1, 0.15) is 0 Å². The van der Waals surface area contributed by atoms with Crippen molar-refractivity contribution >= 4 is 21.6 Å². The smallest absolute Gasteiger partial charge is 0.207 e. The molecule has 1 fully saturated rings. The van der Waals surface area contributed by atoms with E-state index in [1.807, 2.05) is 19.1 Å². The van der Waals surface area contributed by atoms with Crippen molar-refractivity contribution in [2.24, 2.45) is 0 Å². The minimum absolute atomic E-state index is 0.102. The van der Waals surface area contributed by atoms with Gasteiger partial charge in [-0.1, -0.05) is 18.6 Å². The molecule has 1 aliphatic rings. The van der Waals surface area contributed by atoms with E-state index < -0.39 is 10.0 Å². The highest BCUT2D eigenvalue weighted by molar-refractivity contribution is 7.89. The Morgan fingerprint density at radius 1 is 1.25 bits per heavy atom. The Kier molecular flexibility index (Phi) is 5.47. The Balaban J connectivity index is 2.16. The second-order valence-corrected chi connectivity index (χ2v) is 7.67. The maximum Gasteiger partial charge on any atom is 0.243 e. The Bertz CT molecular complexity index is 527. The zero-order valence-corrected chi connectivity index (χ0v) is 13.5. The van der Waals surface area contributed by atoms with Gasteiger partial charge in [-0.25, -0.2) is 8.42 Å². The van der Waals surface area contributed by atoms with Gasteiger partial charge in [0, 0.05) is 18.5 Å². The molecule has 2 rings (SSSR count). The van der Waals surface area contributed by atoms with Gasteiger partial charge in [-0.2, -0.15) is 4.31 Å². The van der Waals surface area contributed by atoms with Crippen LogP contribution in [0.25, 0.3) is 0 Å². The summed E-state index contributed by atoms with van der Waals surface area (Å²) < 4.78 is 26.9. The average molecular weight is 316 g/mol. The van der Waals surface area contributed by atoms with Crippen LogP contribution in [-0.4, -0.2) is 31.2 Å². The summed E-state index contributed by atoms with van der Waals surface area (Å²) in [6.07, 6.45) is 4.83. The number of alkyl halides is 1. The Labute approximate surface area is 127 Å². The zero-order chi connectivity index (χ0) is 14.6. The molecule has 1 aromatic rings. The van der Waals surface area contributed by atoms with Gasteiger partial charge in [0.15, 0.2) is 0 Å². The number of benzene rings is 1. The number of hydrogen-bond donors (Lipinski definition) is 0. The van der Waals surface area contributed by atoms with Gasteiger partial charge in [0.05, 0.1) is 4.90 Å². The Morgan fingerprint density at radius 3 is 2.55 bits per heavy atom. The van der Waals surface area contributed by atoms with Crippen molar-refractivity contribution in [3.63, 3.8) is 0 Å². The number of sulfonamides is 1. The van der Waals surface area contributed by atoms with Crippen LogP contribution in [0, 0.1) is 0 Å². The lowest BCUT2D eigenvalue weighted by Gasteiger charge is -2.32. The standard InChI is InChI=1S/C15H22ClNO2S/c1-13-5-2-3-12-17(13)20(18,19)15-9-7-14(8-10-15)6-4-11-16/h7-10,13H,2-6,11-12H2,1H3. The molecule has 5 heteroatoms. The second kappa shape index (κ2) is 6.92. The first-order chi connectivity index (χ1) is 9.55. The summed E-state index contributed by atoms with van der Waals surface area (Å²) in [5.74, 6) is 0.630. The van der Waals surface area contributed by atoms with Crippen LogP contribution in [0.2, 0.25) is 0 Å². The third-order valence-electron chi connectivity index (χ3n) is 3.87. The summed E-state index contributed by atoms with van der Waals surface area (Å²) in [6, 6.07) is 7.34. The van der Waals surface area contributed by atoms with Crippen molar-refractivity contribution in [1.82, 2.24) is 4.31 Å². The maximum atomic E-state index is 12.6. The Hall–Kier alpha value is -0.580. The van der Waals surface area contributed by atoms with Crippen LogP contribution in [0.3, 0.4) is 0 Å². The molecule has 112 valence electrons. The molecule has 0 amide bonds. The highest BCUT2D eigenvalue weighted by Crippen LogP contribution is 2.25. The molecule has 0 aromatic heterocycles. The lowest BCUT2D eigenvalue weighted by atomic mass is 10.1. The van der Waals surface area contributed by atoms with E-state index in [-0.39, 0.29) is 6.04 Å². The molecule has 1 atom stereocenters. The molecule has 1 aliphatic heterocycles. The van der Waals surface area contributed by atoms with E-state index in [2.05, 4.69) is 0 Å². The van der Waals surface area contributed by atoms with Gasteiger partial charge < -0.3 is 0 Å². The summed E-state index contributed by atoms with van der Waals surface area (Å²) in [7, 11) is -3.34. The van der Waals surface area contributed by atoms with E-state index in [1.165, 1.54) is 0 Å². The van der Waals surface area contributed by atoms with E-state index in [4.69, 9.17) is 11.6 Å². The molecule has 0 saturated carbocycles. The van der Waals surface area contributed by atoms with E-state index >= 15 is 0 Å². The molecule has 0 bridgehead atoms. The first-order valence-corrected chi connectivity index (χ1v) is 9.20. The lowest BCUT2D eigenvalue weighted by Crippen LogP contribution is -2.41. The molecule has 3 nitrogen and oxygen atoms in total. The van der Waals surface area contributed by atoms with E-state index in [0.717, 1.165) is 37.7 Å². The minimum atomic E-state index is -3.34. The molecular weight excluding hydrogens is 294 g/mol. The minimum Gasteiger partial charge on any atom is -0.207 e. The van der Waals surface area contributed by atoms with Crippen LogP contribution >= 0.6 is 11.6 Å². The molecule has 1 unspecified atom stereocenters. The van der Waals surface area contributed by atoms with Gasteiger partial charge in [-0.05, 0) is 50.3 Å². The van der Waals surface area contributed by atoms with Crippen molar-refractivity contribution in [3.05, 3.63) is 29.8 Å². The predicted octanol–water partition coefficient (Wildman–Crippen LogP) is 3.42. The van der Waals surface area contributed by atoms with E-state index in [1.54, 1.807) is 16.4 Å². The summed E-state index contributed by atoms with van der Waals surface area (Å²) in [5.41, 5.74) is 1.14. The third-order valence-corrected chi connectivity index (χ3v) is 6.17. The highest BCUT2D eigenvalue weighted by Gasteiger charge is 2.30. The van der Waals surface area contributed by atoms with Gasteiger partial charge in [0.2, 0.25) is 10.0 Å². The molecule has 0 N–H and O–H groups in total. The first-order valence-electron chi connectivity index (χ1n) is 7.22. The summed E-state index contributed by atoms with van der Waals surface area (Å²) in [5, 5.41) is 0. The number of nitrogens with zero attached hydrogens (tertiary/aromatic N) is 1. The third kappa shape index (κ3) is 3.54. The highest BCUT2D eigenvalue weighted by atomic mass is 35.5. The summed E-state index contributed by atoms with van der Waals surface area (Å²) in [6.45, 7) is 2.63. The van der Waals surface area contributed by atoms with Crippen LogP contribution in [-0.2, 0) is 16.4 Å². The monoisotopic (exact) mass is 315 g/mol. The largest absolute Gasteiger partial charge is 0.243 e. The van der Waals surface area contributed by atoms with Crippen molar-refractivity contribution in [3.8, 4) is 0 Å². The van der Waals surface area contributed by atoms with Crippen LogP contribution in [0.5, 0.6) is 0 Å². The molecule has 1 saturated heterocycles. The second-order valence-electron chi connectivity index (χ2n) is 5.40. The SMILES string of the molecule is CC1CCCCN1S(=O)(=O)c1ccc(CCCCl)cc1. The fourth-order valence-electron chi connectivity index (χ4n) is 2.66. The summed E-state index contributed by atoms with van der Waals surface area (Å²) in [4.78, 5) is 0.404. The van der Waals surface area contributed by atoms with E-state index in [0.29, 0.717) is 17.3 Å². The first kappa shape index (κ1) is 15.8. The number of rotatable bonds is 5. The average Bonchev–Trinajstić information content (AvgIpc) is 2.46. The lowest BCUT2D eigenvalue weighted by molar-refractivity contribution is 0.268.